The van der Waals surface area contributed by atoms with Crippen molar-refractivity contribution in [3.63, 3.8) is 0 Å². The number of aromatic nitrogens is 1. The lowest BCUT2D eigenvalue weighted by atomic mass is 9.78. The first-order chi connectivity index (χ1) is 8.18. The lowest BCUT2D eigenvalue weighted by Gasteiger charge is -2.35. The second-order valence-corrected chi connectivity index (χ2v) is 6.48. The second-order valence-electron chi connectivity index (χ2n) is 5.54. The van der Waals surface area contributed by atoms with Crippen molar-refractivity contribution in [2.24, 2.45) is 11.8 Å². The van der Waals surface area contributed by atoms with Gasteiger partial charge in [-0.25, -0.2) is 4.98 Å². The van der Waals surface area contributed by atoms with Crippen LogP contribution in [0.15, 0.2) is 5.51 Å². The van der Waals surface area contributed by atoms with Gasteiger partial charge in [-0.1, -0.05) is 26.7 Å². The predicted molar refractivity (Wildman–Crippen MR) is 74.3 cm³/mol. The van der Waals surface area contributed by atoms with Crippen LogP contribution in [0.25, 0.3) is 0 Å². The molecule has 0 radical (unpaired) electrons. The molecule has 2 rings (SSSR count). The van der Waals surface area contributed by atoms with Crippen molar-refractivity contribution in [2.45, 2.75) is 59.0 Å². The third kappa shape index (κ3) is 3.29. The van der Waals surface area contributed by atoms with Crippen LogP contribution in [0.5, 0.6) is 0 Å². The fourth-order valence-electron chi connectivity index (χ4n) is 2.93. The van der Waals surface area contributed by atoms with Gasteiger partial charge in [0.2, 0.25) is 0 Å². The summed E-state index contributed by atoms with van der Waals surface area (Å²) < 4.78 is 0. The molecule has 2 nitrogen and oxygen atoms in total. The van der Waals surface area contributed by atoms with Crippen molar-refractivity contribution in [2.75, 3.05) is 0 Å². The summed E-state index contributed by atoms with van der Waals surface area (Å²) in [6, 6.07) is 0.713. The van der Waals surface area contributed by atoms with E-state index in [0.717, 1.165) is 18.4 Å². The van der Waals surface area contributed by atoms with Crippen LogP contribution in [0.4, 0.5) is 0 Å². The Labute approximate surface area is 109 Å². The number of hydrogen-bond donors (Lipinski definition) is 1. The maximum absolute atomic E-state index is 4.31. The molecule has 0 aromatic carbocycles. The van der Waals surface area contributed by atoms with E-state index in [1.165, 1.54) is 36.3 Å². The lowest BCUT2D eigenvalue weighted by Crippen LogP contribution is -2.40. The summed E-state index contributed by atoms with van der Waals surface area (Å²) >= 11 is 1.77. The SMILES string of the molecule is Cc1ncsc1CNC1CCCCC1C(C)C. The van der Waals surface area contributed by atoms with E-state index in [4.69, 9.17) is 0 Å². The van der Waals surface area contributed by atoms with Gasteiger partial charge >= 0.3 is 0 Å². The molecule has 1 aliphatic carbocycles. The van der Waals surface area contributed by atoms with Gasteiger partial charge in [-0.05, 0) is 31.6 Å². The highest BCUT2D eigenvalue weighted by molar-refractivity contribution is 7.09. The fourth-order valence-corrected chi connectivity index (χ4v) is 3.66. The Morgan fingerprint density at radius 3 is 2.82 bits per heavy atom. The van der Waals surface area contributed by atoms with E-state index in [1.807, 2.05) is 5.51 Å². The van der Waals surface area contributed by atoms with Crippen LogP contribution in [0.1, 0.15) is 50.1 Å². The van der Waals surface area contributed by atoms with E-state index in [0.29, 0.717) is 6.04 Å². The molecule has 1 aromatic heterocycles. The minimum Gasteiger partial charge on any atom is -0.309 e. The Morgan fingerprint density at radius 2 is 2.18 bits per heavy atom. The van der Waals surface area contributed by atoms with E-state index in [1.54, 1.807) is 11.3 Å². The average Bonchev–Trinajstić information content (AvgIpc) is 2.72. The molecule has 1 saturated carbocycles. The second kappa shape index (κ2) is 5.96. The lowest BCUT2D eigenvalue weighted by molar-refractivity contribution is 0.205. The highest BCUT2D eigenvalue weighted by atomic mass is 32.1. The van der Waals surface area contributed by atoms with Crippen molar-refractivity contribution in [3.8, 4) is 0 Å². The van der Waals surface area contributed by atoms with Gasteiger partial charge in [-0.15, -0.1) is 11.3 Å². The van der Waals surface area contributed by atoms with Gasteiger partial charge in [0, 0.05) is 17.5 Å². The molecule has 3 heteroatoms. The van der Waals surface area contributed by atoms with Crippen molar-refractivity contribution in [3.05, 3.63) is 16.1 Å². The molecule has 17 heavy (non-hydrogen) atoms. The van der Waals surface area contributed by atoms with Crippen LogP contribution in [0, 0.1) is 18.8 Å². The standard InChI is InChI=1S/C14H24N2S/c1-10(2)12-6-4-5-7-13(12)15-8-14-11(3)16-9-17-14/h9-10,12-13,15H,4-8H2,1-3H3. The molecule has 0 bridgehead atoms. The first kappa shape index (κ1) is 13.0. The van der Waals surface area contributed by atoms with Crippen LogP contribution in [-0.4, -0.2) is 11.0 Å². The van der Waals surface area contributed by atoms with Crippen molar-refractivity contribution in [1.29, 1.82) is 0 Å². The summed E-state index contributed by atoms with van der Waals surface area (Å²) in [6.45, 7) is 7.84. The molecule has 0 amide bonds. The summed E-state index contributed by atoms with van der Waals surface area (Å²) in [5.41, 5.74) is 3.15. The van der Waals surface area contributed by atoms with Gasteiger partial charge in [-0.2, -0.15) is 0 Å². The molecule has 1 aliphatic rings. The normalized spacial score (nSPS) is 25.4. The summed E-state index contributed by atoms with van der Waals surface area (Å²) in [7, 11) is 0. The monoisotopic (exact) mass is 252 g/mol. The number of hydrogen-bond acceptors (Lipinski definition) is 3. The maximum Gasteiger partial charge on any atom is 0.0798 e. The van der Waals surface area contributed by atoms with Crippen LogP contribution in [-0.2, 0) is 6.54 Å². The van der Waals surface area contributed by atoms with E-state index in [-0.39, 0.29) is 0 Å². The Kier molecular flexibility index (Phi) is 4.57. The zero-order chi connectivity index (χ0) is 12.3. The average molecular weight is 252 g/mol. The Balaban J connectivity index is 1.90. The van der Waals surface area contributed by atoms with E-state index < -0.39 is 0 Å². The Bertz CT molecular complexity index is 346. The summed E-state index contributed by atoms with van der Waals surface area (Å²) in [5, 5.41) is 3.77. The smallest absolute Gasteiger partial charge is 0.0798 e. The van der Waals surface area contributed by atoms with Crippen LogP contribution in [0.3, 0.4) is 0 Å². The summed E-state index contributed by atoms with van der Waals surface area (Å²) in [4.78, 5) is 5.71. The van der Waals surface area contributed by atoms with Crippen molar-refractivity contribution >= 4 is 11.3 Å². The van der Waals surface area contributed by atoms with E-state index >= 15 is 0 Å². The molecular formula is C14H24N2S. The Morgan fingerprint density at radius 1 is 1.41 bits per heavy atom. The summed E-state index contributed by atoms with van der Waals surface area (Å²) in [5.74, 6) is 1.66. The number of nitrogens with one attached hydrogen (secondary N) is 1. The fraction of sp³-hybridized carbons (Fsp3) is 0.786. The molecule has 1 N–H and O–H groups in total. The molecule has 2 atom stereocenters. The quantitative estimate of drug-likeness (QED) is 0.882. The van der Waals surface area contributed by atoms with Gasteiger partial charge in [0.25, 0.3) is 0 Å². The molecule has 96 valence electrons. The van der Waals surface area contributed by atoms with Gasteiger partial charge in [0.1, 0.15) is 0 Å². The van der Waals surface area contributed by atoms with Gasteiger partial charge < -0.3 is 5.32 Å². The molecular weight excluding hydrogens is 228 g/mol. The third-order valence-corrected chi connectivity index (χ3v) is 4.98. The molecule has 0 saturated heterocycles. The zero-order valence-electron chi connectivity index (χ0n) is 11.2. The largest absolute Gasteiger partial charge is 0.309 e. The van der Waals surface area contributed by atoms with E-state index in [9.17, 15) is 0 Å². The highest BCUT2D eigenvalue weighted by Gasteiger charge is 2.27. The molecule has 1 fully saturated rings. The van der Waals surface area contributed by atoms with Gasteiger partial charge in [-0.3, -0.25) is 0 Å². The molecule has 0 spiro atoms. The first-order valence-corrected chi connectivity index (χ1v) is 7.68. The van der Waals surface area contributed by atoms with Crippen molar-refractivity contribution < 1.29 is 0 Å². The highest BCUT2D eigenvalue weighted by Crippen LogP contribution is 2.30. The maximum atomic E-state index is 4.31. The number of rotatable bonds is 4. The minimum absolute atomic E-state index is 0.713. The minimum atomic E-state index is 0.713. The van der Waals surface area contributed by atoms with Crippen LogP contribution in [0.2, 0.25) is 0 Å². The molecule has 1 heterocycles. The van der Waals surface area contributed by atoms with Crippen molar-refractivity contribution in [1.82, 2.24) is 10.3 Å². The van der Waals surface area contributed by atoms with Crippen LogP contribution < -0.4 is 5.32 Å². The molecule has 2 unspecified atom stereocenters. The zero-order valence-corrected chi connectivity index (χ0v) is 12.0. The number of nitrogens with zero attached hydrogens (tertiary/aromatic N) is 1. The van der Waals surface area contributed by atoms with Crippen LogP contribution >= 0.6 is 11.3 Å². The topological polar surface area (TPSA) is 24.9 Å². The number of aryl methyl sites for hydroxylation is 1. The predicted octanol–water partition coefficient (Wildman–Crippen LogP) is 3.76. The summed E-state index contributed by atoms with van der Waals surface area (Å²) in [6.07, 6.45) is 5.56. The van der Waals surface area contributed by atoms with Gasteiger partial charge in [0.05, 0.1) is 11.2 Å². The first-order valence-electron chi connectivity index (χ1n) is 6.81. The molecule has 1 aromatic rings. The third-order valence-electron chi connectivity index (χ3n) is 4.05. The number of thiazole rings is 1. The van der Waals surface area contributed by atoms with E-state index in [2.05, 4.69) is 31.1 Å². The Hall–Kier alpha value is -0.410. The molecule has 0 aliphatic heterocycles. The van der Waals surface area contributed by atoms with Gasteiger partial charge in [0.15, 0.2) is 0 Å².